The van der Waals surface area contributed by atoms with E-state index in [0.717, 1.165) is 108 Å². The molecule has 0 saturated heterocycles. The summed E-state index contributed by atoms with van der Waals surface area (Å²) >= 11 is 0. The average Bonchev–Trinajstić information content (AvgIpc) is 1.00. The first-order valence-corrected chi connectivity index (χ1v) is 43.9. The molecule has 0 radical (unpaired) electrons. The first-order chi connectivity index (χ1) is 47.3. The van der Waals surface area contributed by atoms with E-state index in [4.69, 9.17) is 37.0 Å². The minimum Gasteiger partial charge on any atom is -0.462 e. The third kappa shape index (κ3) is 71.1. The number of ether oxygens (including phenoxy) is 4. The normalized spacial score (nSPS) is 14.3. The number of phosphoric ester groups is 2. The molecule has 0 spiro atoms. The third-order valence-corrected chi connectivity index (χ3v) is 20.6. The molecule has 6 atom stereocenters. The number of rotatable bonds is 77. The molecule has 0 aliphatic rings. The highest BCUT2D eigenvalue weighted by atomic mass is 31.2. The Balaban J connectivity index is 5.25. The third-order valence-electron chi connectivity index (χ3n) is 18.7. The van der Waals surface area contributed by atoms with Crippen molar-refractivity contribution in [3.8, 4) is 0 Å². The van der Waals surface area contributed by atoms with Gasteiger partial charge in [0.2, 0.25) is 0 Å². The van der Waals surface area contributed by atoms with Gasteiger partial charge in [0, 0.05) is 25.7 Å². The molecule has 17 nitrogen and oxygen atoms in total. The second-order valence-corrected chi connectivity index (χ2v) is 32.6. The summed E-state index contributed by atoms with van der Waals surface area (Å²) in [6.45, 7) is 11.9. The van der Waals surface area contributed by atoms with E-state index in [1.54, 1.807) is 0 Å². The smallest absolute Gasteiger partial charge is 0.462 e. The van der Waals surface area contributed by atoms with E-state index < -0.39 is 97.5 Å². The molecule has 0 fully saturated rings. The number of hydrogen-bond acceptors (Lipinski definition) is 15. The van der Waals surface area contributed by atoms with Crippen LogP contribution in [0, 0.1) is 17.8 Å². The Labute approximate surface area is 600 Å². The van der Waals surface area contributed by atoms with Crippen LogP contribution < -0.4 is 0 Å². The minimum absolute atomic E-state index is 0.105. The van der Waals surface area contributed by atoms with Crippen LogP contribution in [0.5, 0.6) is 0 Å². The van der Waals surface area contributed by atoms with Gasteiger partial charge in [-0.1, -0.05) is 357 Å². The number of unbranched alkanes of at least 4 members (excludes halogenated alkanes) is 44. The van der Waals surface area contributed by atoms with Gasteiger partial charge in [-0.05, 0) is 43.4 Å². The number of aliphatic hydroxyl groups is 1. The molecule has 0 rings (SSSR count). The van der Waals surface area contributed by atoms with Gasteiger partial charge in [0.25, 0.3) is 0 Å². The lowest BCUT2D eigenvalue weighted by molar-refractivity contribution is -0.161. The van der Waals surface area contributed by atoms with Crippen molar-refractivity contribution in [3.05, 3.63) is 0 Å². The van der Waals surface area contributed by atoms with Gasteiger partial charge in [0.05, 0.1) is 26.4 Å². The SMILES string of the molecule is CCCCCCCCCCCCCCCCCC(=O)OC[C@H](COP(=O)(O)OC[C@@H](O)COP(=O)(O)OC[C@@H](COC(=O)CCCCCCCCCCC(C)CC)OC(=O)CCCCCCCCCCCC(C)C)OC(=O)CCCCCCCCCCCCCCCCCCC(C)C. The van der Waals surface area contributed by atoms with Crippen molar-refractivity contribution in [2.45, 2.75) is 426 Å². The Morgan fingerprint density at radius 2 is 0.520 bits per heavy atom. The molecule has 0 aromatic rings. The van der Waals surface area contributed by atoms with E-state index in [1.165, 1.54) is 218 Å². The van der Waals surface area contributed by atoms with Crippen LogP contribution >= 0.6 is 15.6 Å². The summed E-state index contributed by atoms with van der Waals surface area (Å²) in [6.07, 6.45) is 56.8. The molecule has 0 aliphatic carbocycles. The van der Waals surface area contributed by atoms with E-state index in [-0.39, 0.29) is 25.7 Å². The zero-order chi connectivity index (χ0) is 72.3. The van der Waals surface area contributed by atoms with E-state index in [1.807, 2.05) is 0 Å². The van der Waals surface area contributed by atoms with Crippen molar-refractivity contribution < 1.29 is 80.2 Å². The van der Waals surface area contributed by atoms with Gasteiger partial charge in [-0.25, -0.2) is 9.13 Å². The van der Waals surface area contributed by atoms with Crippen molar-refractivity contribution in [2.24, 2.45) is 17.8 Å². The van der Waals surface area contributed by atoms with Crippen molar-refractivity contribution in [3.63, 3.8) is 0 Å². The van der Waals surface area contributed by atoms with E-state index in [9.17, 15) is 43.2 Å². The number of aliphatic hydroxyl groups excluding tert-OH is 1. The fourth-order valence-electron chi connectivity index (χ4n) is 12.1. The van der Waals surface area contributed by atoms with Gasteiger partial charge in [0.15, 0.2) is 12.2 Å². The predicted octanol–water partition coefficient (Wildman–Crippen LogP) is 23.4. The number of phosphoric acid groups is 2. The summed E-state index contributed by atoms with van der Waals surface area (Å²) in [5.41, 5.74) is 0. The Morgan fingerprint density at radius 3 is 0.776 bits per heavy atom. The summed E-state index contributed by atoms with van der Waals surface area (Å²) in [6, 6.07) is 0. The maximum absolute atomic E-state index is 13.1. The van der Waals surface area contributed by atoms with Gasteiger partial charge in [0.1, 0.15) is 19.3 Å². The largest absolute Gasteiger partial charge is 0.472 e. The topological polar surface area (TPSA) is 237 Å². The van der Waals surface area contributed by atoms with Crippen molar-refractivity contribution in [1.29, 1.82) is 0 Å². The Hall–Kier alpha value is -1.94. The van der Waals surface area contributed by atoms with E-state index in [2.05, 4.69) is 48.5 Å². The highest BCUT2D eigenvalue weighted by Crippen LogP contribution is 2.45. The fraction of sp³-hybridized carbons (Fsp3) is 0.949. The molecule has 0 saturated carbocycles. The number of esters is 4. The lowest BCUT2D eigenvalue weighted by Gasteiger charge is -2.21. The molecular weight excluding hydrogens is 1280 g/mol. The highest BCUT2D eigenvalue weighted by Gasteiger charge is 2.30. The first kappa shape index (κ1) is 96.1. The molecule has 19 heteroatoms. The van der Waals surface area contributed by atoms with Crippen molar-refractivity contribution in [2.75, 3.05) is 39.6 Å². The summed E-state index contributed by atoms with van der Waals surface area (Å²) in [5, 5.41) is 10.6. The van der Waals surface area contributed by atoms with E-state index >= 15 is 0 Å². The van der Waals surface area contributed by atoms with Crippen molar-refractivity contribution in [1.82, 2.24) is 0 Å². The maximum Gasteiger partial charge on any atom is 0.472 e. The summed E-state index contributed by atoms with van der Waals surface area (Å²) in [4.78, 5) is 73.0. The van der Waals surface area contributed by atoms with Gasteiger partial charge in [-0.15, -0.1) is 0 Å². The number of carbonyl (C=O) groups is 4. The summed E-state index contributed by atoms with van der Waals surface area (Å²) in [5.74, 6) is 0.210. The number of hydrogen-bond donors (Lipinski definition) is 3. The van der Waals surface area contributed by atoms with E-state index in [0.29, 0.717) is 25.7 Å². The molecule has 0 amide bonds. The molecular formula is C79H154O17P2. The Morgan fingerprint density at radius 1 is 0.296 bits per heavy atom. The molecule has 0 aliphatic heterocycles. The van der Waals surface area contributed by atoms with Crippen LogP contribution in [0.1, 0.15) is 408 Å². The first-order valence-electron chi connectivity index (χ1n) is 40.9. The second kappa shape index (κ2) is 69.4. The fourth-order valence-corrected chi connectivity index (χ4v) is 13.7. The zero-order valence-electron chi connectivity index (χ0n) is 64.3. The Bertz CT molecular complexity index is 1910. The van der Waals surface area contributed by atoms with Crippen LogP contribution in [-0.4, -0.2) is 96.7 Å². The lowest BCUT2D eigenvalue weighted by Crippen LogP contribution is -2.30. The molecule has 0 bridgehead atoms. The summed E-state index contributed by atoms with van der Waals surface area (Å²) < 4.78 is 68.7. The van der Waals surface area contributed by atoms with Gasteiger partial charge in [-0.2, -0.15) is 0 Å². The standard InChI is InChI=1S/C79H154O17P2/c1-8-10-11-12-13-14-15-16-19-23-26-31-39-46-53-60-76(81)89-66-74(95-78(83)62-55-48-41-32-27-24-21-18-17-20-22-25-29-36-43-50-57-70(3)4)68-93-97(85,86)91-64-73(80)65-92-98(87,88)94-69-75(96-79(84)63-56-49-42-33-28-30-37-44-51-58-71(5)6)67-90-77(82)61-54-47-40-35-34-38-45-52-59-72(7)9-2/h70-75,80H,8-69H2,1-7H3,(H,85,86)(H,87,88)/t72?,73-,74-,75-/m1/s1. The lowest BCUT2D eigenvalue weighted by atomic mass is 9.99. The number of carbonyl (C=O) groups excluding carboxylic acids is 4. The maximum atomic E-state index is 13.1. The van der Waals surface area contributed by atoms with Gasteiger partial charge >= 0.3 is 39.5 Å². The molecule has 0 heterocycles. The van der Waals surface area contributed by atoms with Crippen LogP contribution in [-0.2, 0) is 65.4 Å². The van der Waals surface area contributed by atoms with Crippen LogP contribution in [0.2, 0.25) is 0 Å². The second-order valence-electron chi connectivity index (χ2n) is 29.6. The van der Waals surface area contributed by atoms with Crippen LogP contribution in [0.25, 0.3) is 0 Å². The quantitative estimate of drug-likeness (QED) is 0.0222. The van der Waals surface area contributed by atoms with Crippen LogP contribution in [0.15, 0.2) is 0 Å². The molecule has 3 N–H and O–H groups in total. The van der Waals surface area contributed by atoms with Gasteiger partial charge in [-0.3, -0.25) is 37.3 Å². The van der Waals surface area contributed by atoms with Crippen LogP contribution in [0.4, 0.5) is 0 Å². The predicted molar refractivity (Wildman–Crippen MR) is 400 cm³/mol. The molecule has 582 valence electrons. The summed E-state index contributed by atoms with van der Waals surface area (Å²) in [7, 11) is -9.92. The monoisotopic (exact) mass is 1440 g/mol. The Kier molecular flexibility index (Phi) is 68.1. The van der Waals surface area contributed by atoms with Gasteiger partial charge < -0.3 is 33.8 Å². The molecule has 3 unspecified atom stereocenters. The molecule has 0 aromatic carbocycles. The molecule has 98 heavy (non-hydrogen) atoms. The van der Waals surface area contributed by atoms with Crippen LogP contribution in [0.3, 0.4) is 0 Å². The zero-order valence-corrected chi connectivity index (χ0v) is 66.0. The minimum atomic E-state index is -4.96. The highest BCUT2D eigenvalue weighted by molar-refractivity contribution is 7.47. The van der Waals surface area contributed by atoms with Crippen molar-refractivity contribution >= 4 is 39.5 Å². The molecule has 0 aromatic heterocycles. The average molecular weight is 1440 g/mol.